The van der Waals surface area contributed by atoms with Crippen molar-refractivity contribution < 1.29 is 9.59 Å². The van der Waals surface area contributed by atoms with Gasteiger partial charge in [0.2, 0.25) is 0 Å². The largest absolute Gasteiger partial charge is 0.349 e. The Labute approximate surface area is 226 Å². The van der Waals surface area contributed by atoms with Crippen LogP contribution in [-0.4, -0.2) is 33.9 Å². The molecular weight excluding hydrogens is 506 g/mol. The Morgan fingerprint density at radius 2 is 1.73 bits per heavy atom. The molecule has 1 saturated carbocycles. The summed E-state index contributed by atoms with van der Waals surface area (Å²) in [5.41, 5.74) is 3.27. The molecule has 5 rings (SSSR count). The molecule has 3 aromatic rings. The van der Waals surface area contributed by atoms with Gasteiger partial charge in [-0.2, -0.15) is 5.10 Å². The van der Waals surface area contributed by atoms with Crippen molar-refractivity contribution in [1.82, 2.24) is 15.1 Å². The predicted octanol–water partition coefficient (Wildman–Crippen LogP) is 6.25. The SMILES string of the molecule is CSc1nn2c(c1C(=O)NC1CCCCC1)NC(C)=C(C(=O)Nc1ccc(Cl)cc1)C2c1ccccc1. The molecular formula is C28H30ClN5O2S. The van der Waals surface area contributed by atoms with Crippen LogP contribution >= 0.6 is 23.4 Å². The summed E-state index contributed by atoms with van der Waals surface area (Å²) >= 11 is 7.45. The Bertz CT molecular complexity index is 1330. The van der Waals surface area contributed by atoms with E-state index in [1.54, 1.807) is 28.9 Å². The Morgan fingerprint density at radius 3 is 2.41 bits per heavy atom. The highest BCUT2D eigenvalue weighted by Gasteiger charge is 2.37. The number of benzene rings is 2. The second kappa shape index (κ2) is 11.0. The first-order chi connectivity index (χ1) is 18.0. The molecule has 2 heterocycles. The molecule has 0 saturated heterocycles. The van der Waals surface area contributed by atoms with Crippen LogP contribution in [0.3, 0.4) is 0 Å². The van der Waals surface area contributed by atoms with E-state index in [2.05, 4.69) is 16.0 Å². The summed E-state index contributed by atoms with van der Waals surface area (Å²) in [6.07, 6.45) is 7.40. The van der Waals surface area contributed by atoms with E-state index in [0.717, 1.165) is 31.2 Å². The molecule has 2 aliphatic rings. The van der Waals surface area contributed by atoms with Gasteiger partial charge in [-0.1, -0.05) is 61.2 Å². The van der Waals surface area contributed by atoms with Crippen molar-refractivity contribution >= 4 is 46.7 Å². The Kier molecular flexibility index (Phi) is 7.58. The van der Waals surface area contributed by atoms with E-state index in [9.17, 15) is 9.59 Å². The van der Waals surface area contributed by atoms with E-state index in [0.29, 0.717) is 38.4 Å². The molecule has 7 nitrogen and oxygen atoms in total. The number of amides is 2. The van der Waals surface area contributed by atoms with Crippen LogP contribution in [0.4, 0.5) is 11.5 Å². The van der Waals surface area contributed by atoms with Gasteiger partial charge in [0.1, 0.15) is 22.4 Å². The van der Waals surface area contributed by atoms with Crippen LogP contribution in [0.1, 0.15) is 61.0 Å². The molecule has 1 aliphatic carbocycles. The molecule has 1 unspecified atom stereocenters. The van der Waals surface area contributed by atoms with Crippen molar-refractivity contribution in [2.75, 3.05) is 16.9 Å². The number of allylic oxidation sites excluding steroid dienone is 1. The first kappa shape index (κ1) is 25.4. The average molecular weight is 536 g/mol. The molecule has 2 aromatic carbocycles. The summed E-state index contributed by atoms with van der Waals surface area (Å²) < 4.78 is 1.78. The van der Waals surface area contributed by atoms with Gasteiger partial charge in [0, 0.05) is 22.4 Å². The molecule has 9 heteroatoms. The zero-order chi connectivity index (χ0) is 25.9. The predicted molar refractivity (Wildman–Crippen MR) is 149 cm³/mol. The van der Waals surface area contributed by atoms with Crippen molar-refractivity contribution in [2.24, 2.45) is 0 Å². The average Bonchev–Trinajstić information content (AvgIpc) is 3.28. The normalized spacial score (nSPS) is 17.6. The third-order valence-electron chi connectivity index (χ3n) is 6.93. The fraction of sp³-hybridized carbons (Fsp3) is 0.321. The third kappa shape index (κ3) is 5.26. The van der Waals surface area contributed by atoms with E-state index in [-0.39, 0.29) is 17.9 Å². The molecule has 1 atom stereocenters. The highest BCUT2D eigenvalue weighted by Crippen LogP contribution is 2.40. The summed E-state index contributed by atoms with van der Waals surface area (Å²) in [6, 6.07) is 16.5. The van der Waals surface area contributed by atoms with Crippen LogP contribution in [-0.2, 0) is 4.79 Å². The zero-order valence-electron chi connectivity index (χ0n) is 20.9. The monoisotopic (exact) mass is 535 g/mol. The molecule has 192 valence electrons. The second-order valence-electron chi connectivity index (χ2n) is 9.42. The zero-order valence-corrected chi connectivity index (χ0v) is 22.5. The molecule has 1 aromatic heterocycles. The molecule has 1 fully saturated rings. The lowest BCUT2D eigenvalue weighted by Crippen LogP contribution is -2.37. The number of fused-ring (bicyclic) bond motifs is 1. The van der Waals surface area contributed by atoms with Crippen molar-refractivity contribution in [3.63, 3.8) is 0 Å². The first-order valence-electron chi connectivity index (χ1n) is 12.5. The minimum Gasteiger partial charge on any atom is -0.349 e. The Hall–Kier alpha value is -3.23. The number of thioether (sulfide) groups is 1. The molecule has 37 heavy (non-hydrogen) atoms. The fourth-order valence-corrected chi connectivity index (χ4v) is 5.80. The number of carbonyl (C=O) groups is 2. The first-order valence-corrected chi connectivity index (χ1v) is 14.1. The smallest absolute Gasteiger partial charge is 0.258 e. The number of anilines is 2. The van der Waals surface area contributed by atoms with Crippen LogP contribution in [0.2, 0.25) is 5.02 Å². The maximum absolute atomic E-state index is 13.6. The summed E-state index contributed by atoms with van der Waals surface area (Å²) in [4.78, 5) is 27.2. The van der Waals surface area contributed by atoms with Crippen LogP contribution in [0, 0.1) is 0 Å². The molecule has 0 spiro atoms. The number of hydrogen-bond donors (Lipinski definition) is 3. The lowest BCUT2D eigenvalue weighted by atomic mass is 9.94. The van der Waals surface area contributed by atoms with E-state index in [4.69, 9.17) is 16.7 Å². The topological polar surface area (TPSA) is 88.1 Å². The number of halogens is 1. The van der Waals surface area contributed by atoms with Crippen LogP contribution < -0.4 is 16.0 Å². The third-order valence-corrected chi connectivity index (χ3v) is 7.85. The fourth-order valence-electron chi connectivity index (χ4n) is 5.11. The van der Waals surface area contributed by atoms with Gasteiger partial charge < -0.3 is 16.0 Å². The number of hydrogen-bond acceptors (Lipinski definition) is 5. The van der Waals surface area contributed by atoms with Gasteiger partial charge >= 0.3 is 0 Å². The molecule has 0 radical (unpaired) electrons. The summed E-state index contributed by atoms with van der Waals surface area (Å²) in [5, 5.41) is 15.7. The summed E-state index contributed by atoms with van der Waals surface area (Å²) in [5.74, 6) is 0.229. The molecule has 0 bridgehead atoms. The van der Waals surface area contributed by atoms with Gasteiger partial charge in [-0.3, -0.25) is 9.59 Å². The van der Waals surface area contributed by atoms with Crippen LogP contribution in [0.15, 0.2) is 70.9 Å². The highest BCUT2D eigenvalue weighted by atomic mass is 35.5. The second-order valence-corrected chi connectivity index (χ2v) is 10.7. The summed E-state index contributed by atoms with van der Waals surface area (Å²) in [7, 11) is 0. The van der Waals surface area contributed by atoms with E-state index in [1.807, 2.05) is 43.5 Å². The number of rotatable bonds is 6. The highest BCUT2D eigenvalue weighted by molar-refractivity contribution is 7.98. The standard InChI is InChI=1S/C28H30ClN5O2S/c1-17-22(26(35)32-21-15-13-19(29)14-16-21)24(18-9-5-3-6-10-18)34-25(30-17)23(28(33-34)37-2)27(36)31-20-11-7-4-8-12-20/h3,5-6,9-10,13-16,20,24,30H,4,7-8,11-12H2,1-2H3,(H,31,36)(H,32,35). The van der Waals surface area contributed by atoms with Gasteiger partial charge in [-0.15, -0.1) is 11.8 Å². The number of aromatic nitrogens is 2. The lowest BCUT2D eigenvalue weighted by molar-refractivity contribution is -0.113. The molecule has 1 aliphatic heterocycles. The Morgan fingerprint density at radius 1 is 1.03 bits per heavy atom. The van der Waals surface area contributed by atoms with Gasteiger partial charge in [0.25, 0.3) is 11.8 Å². The van der Waals surface area contributed by atoms with Gasteiger partial charge in [-0.05, 0) is 55.9 Å². The van der Waals surface area contributed by atoms with Gasteiger partial charge in [-0.25, -0.2) is 4.68 Å². The molecule has 2 amide bonds. The minimum atomic E-state index is -0.508. The number of nitrogens with zero attached hydrogens (tertiary/aromatic N) is 2. The number of carbonyl (C=O) groups excluding carboxylic acids is 2. The maximum Gasteiger partial charge on any atom is 0.258 e. The van der Waals surface area contributed by atoms with Crippen molar-refractivity contribution in [2.45, 2.75) is 56.1 Å². The quantitative estimate of drug-likeness (QED) is 0.325. The van der Waals surface area contributed by atoms with Crippen molar-refractivity contribution in [3.8, 4) is 0 Å². The van der Waals surface area contributed by atoms with Crippen LogP contribution in [0.25, 0.3) is 0 Å². The van der Waals surface area contributed by atoms with Gasteiger partial charge in [0.05, 0.1) is 5.57 Å². The summed E-state index contributed by atoms with van der Waals surface area (Å²) in [6.45, 7) is 1.87. The van der Waals surface area contributed by atoms with E-state index < -0.39 is 6.04 Å². The lowest BCUT2D eigenvalue weighted by Gasteiger charge is -2.30. The van der Waals surface area contributed by atoms with Crippen LogP contribution in [0.5, 0.6) is 0 Å². The van der Waals surface area contributed by atoms with Crippen molar-refractivity contribution in [3.05, 3.63) is 82.0 Å². The van der Waals surface area contributed by atoms with Gasteiger partial charge in [0.15, 0.2) is 0 Å². The van der Waals surface area contributed by atoms with Crippen molar-refractivity contribution in [1.29, 1.82) is 0 Å². The maximum atomic E-state index is 13.6. The molecule has 3 N–H and O–H groups in total. The van der Waals surface area contributed by atoms with E-state index >= 15 is 0 Å². The number of nitrogens with one attached hydrogen (secondary N) is 3. The minimum absolute atomic E-state index is 0.126. The Balaban J connectivity index is 1.55. The van der Waals surface area contributed by atoms with E-state index in [1.165, 1.54) is 18.2 Å².